The molecule has 0 amide bonds. The fraction of sp³-hybridized carbons (Fsp3) is 0.316. The molecule has 0 aromatic heterocycles. The van der Waals surface area contributed by atoms with Crippen LogP contribution in [0.25, 0.3) is 0 Å². The van der Waals surface area contributed by atoms with Crippen molar-refractivity contribution in [1.82, 2.24) is 0 Å². The molecule has 0 saturated carbocycles. The molecule has 0 unspecified atom stereocenters. The number of Topliss-reactive ketones (excluding diaryl/α,β-unsaturated/α-hetero) is 1. The second-order valence-corrected chi connectivity index (χ2v) is 8.07. The Kier molecular flexibility index (Phi) is 24.6. The van der Waals surface area contributed by atoms with E-state index in [0.717, 1.165) is 16.7 Å². The molecule has 0 aliphatic carbocycles. The van der Waals surface area contributed by atoms with Crippen molar-refractivity contribution in [3.8, 4) is 17.2 Å². The maximum Gasteiger partial charge on any atom is 0.338 e. The van der Waals surface area contributed by atoms with Crippen LogP contribution in [0.2, 0.25) is 0 Å². The SMILES string of the molecule is CC.CC.CC.CC.CC(=O)c1ccccc1COc1cccc(O)c1.Cc1cccc(O)c1.O=C1OCc2ccccc21. The number of esters is 1. The highest BCUT2D eigenvalue weighted by Crippen LogP contribution is 2.20. The molecule has 5 rings (SSSR count). The van der Waals surface area contributed by atoms with Crippen molar-refractivity contribution in [2.75, 3.05) is 0 Å². The Morgan fingerprint density at radius 2 is 1.27 bits per heavy atom. The van der Waals surface area contributed by atoms with Crippen molar-refractivity contribution in [3.05, 3.63) is 125 Å². The first-order valence-corrected chi connectivity index (χ1v) is 15.3. The van der Waals surface area contributed by atoms with Crippen molar-refractivity contribution in [3.63, 3.8) is 0 Å². The van der Waals surface area contributed by atoms with Gasteiger partial charge in [0.05, 0.1) is 5.56 Å². The van der Waals surface area contributed by atoms with E-state index in [-0.39, 0.29) is 17.5 Å². The summed E-state index contributed by atoms with van der Waals surface area (Å²) in [6.07, 6.45) is 0. The minimum atomic E-state index is -0.199. The zero-order valence-electron chi connectivity index (χ0n) is 28.2. The van der Waals surface area contributed by atoms with E-state index in [1.807, 2.05) is 111 Å². The second kappa shape index (κ2) is 26.1. The van der Waals surface area contributed by atoms with Crippen LogP contribution in [0.15, 0.2) is 97.1 Å². The van der Waals surface area contributed by atoms with Gasteiger partial charge in [-0.1, -0.05) is 116 Å². The molecule has 1 aliphatic rings. The van der Waals surface area contributed by atoms with Gasteiger partial charge in [-0.15, -0.1) is 0 Å². The number of benzene rings is 4. The van der Waals surface area contributed by atoms with Crippen LogP contribution in [-0.4, -0.2) is 22.0 Å². The summed E-state index contributed by atoms with van der Waals surface area (Å²) in [7, 11) is 0. The number of rotatable bonds is 4. The summed E-state index contributed by atoms with van der Waals surface area (Å²) in [6, 6.07) is 28.5. The first-order chi connectivity index (χ1) is 21.3. The lowest BCUT2D eigenvalue weighted by Gasteiger charge is -2.09. The second-order valence-electron chi connectivity index (χ2n) is 8.07. The van der Waals surface area contributed by atoms with Crippen LogP contribution in [0.3, 0.4) is 0 Å². The third-order valence-electron chi connectivity index (χ3n) is 5.21. The molecule has 2 N–H and O–H groups in total. The highest BCUT2D eigenvalue weighted by molar-refractivity contribution is 5.95. The summed E-state index contributed by atoms with van der Waals surface area (Å²) in [4.78, 5) is 22.3. The van der Waals surface area contributed by atoms with Crippen LogP contribution in [0.5, 0.6) is 17.2 Å². The fourth-order valence-corrected chi connectivity index (χ4v) is 3.42. The third-order valence-corrected chi connectivity index (χ3v) is 5.21. The van der Waals surface area contributed by atoms with Gasteiger partial charge in [0, 0.05) is 22.8 Å². The lowest BCUT2D eigenvalue weighted by molar-refractivity contribution is 0.0535. The van der Waals surface area contributed by atoms with Crippen LogP contribution in [0.1, 0.15) is 99.7 Å². The zero-order valence-corrected chi connectivity index (χ0v) is 28.2. The molecule has 240 valence electrons. The Balaban J connectivity index is 0. The molecular formula is C38H52O6. The number of phenolic OH excluding ortho intramolecular Hbond substituents is 2. The number of ketones is 1. The highest BCUT2D eigenvalue weighted by Gasteiger charge is 2.18. The molecular weight excluding hydrogens is 552 g/mol. The van der Waals surface area contributed by atoms with E-state index < -0.39 is 0 Å². The minimum Gasteiger partial charge on any atom is -0.508 e. The van der Waals surface area contributed by atoms with E-state index >= 15 is 0 Å². The van der Waals surface area contributed by atoms with Crippen LogP contribution in [-0.2, 0) is 18.0 Å². The molecule has 0 spiro atoms. The largest absolute Gasteiger partial charge is 0.508 e. The van der Waals surface area contributed by atoms with Gasteiger partial charge in [-0.2, -0.15) is 0 Å². The predicted molar refractivity (Wildman–Crippen MR) is 183 cm³/mol. The highest BCUT2D eigenvalue weighted by atomic mass is 16.5. The molecule has 44 heavy (non-hydrogen) atoms. The average molecular weight is 605 g/mol. The van der Waals surface area contributed by atoms with Crippen LogP contribution in [0.4, 0.5) is 0 Å². The van der Waals surface area contributed by atoms with Gasteiger partial charge in [-0.05, 0) is 49.7 Å². The number of hydrogen-bond donors (Lipinski definition) is 2. The van der Waals surface area contributed by atoms with E-state index in [2.05, 4.69) is 0 Å². The van der Waals surface area contributed by atoms with Crippen LogP contribution >= 0.6 is 0 Å². The Morgan fingerprint density at radius 1 is 0.727 bits per heavy atom. The van der Waals surface area contributed by atoms with Crippen molar-refractivity contribution < 1.29 is 29.3 Å². The number of fused-ring (bicyclic) bond motifs is 1. The number of ether oxygens (including phenoxy) is 2. The maximum atomic E-state index is 11.4. The summed E-state index contributed by atoms with van der Waals surface area (Å²) in [5.74, 6) is 0.895. The Bertz CT molecular complexity index is 1310. The van der Waals surface area contributed by atoms with E-state index in [4.69, 9.17) is 14.6 Å². The molecule has 0 bridgehead atoms. The van der Waals surface area contributed by atoms with Crippen molar-refractivity contribution in [2.45, 2.75) is 82.5 Å². The molecule has 6 heteroatoms. The Morgan fingerprint density at radius 3 is 1.80 bits per heavy atom. The maximum absolute atomic E-state index is 11.4. The summed E-state index contributed by atoms with van der Waals surface area (Å²) < 4.78 is 10.3. The van der Waals surface area contributed by atoms with Gasteiger partial charge in [-0.25, -0.2) is 4.79 Å². The molecule has 1 aliphatic heterocycles. The first kappa shape index (κ1) is 41.6. The van der Waals surface area contributed by atoms with E-state index in [0.29, 0.717) is 35.8 Å². The molecule has 0 saturated heterocycles. The smallest absolute Gasteiger partial charge is 0.338 e. The Labute approximate surface area is 265 Å². The number of cyclic esters (lactones) is 1. The topological polar surface area (TPSA) is 93.1 Å². The predicted octanol–water partition coefficient (Wildman–Crippen LogP) is 10.3. The van der Waals surface area contributed by atoms with E-state index in [1.54, 1.807) is 42.5 Å². The lowest BCUT2D eigenvalue weighted by Crippen LogP contribution is -2.03. The van der Waals surface area contributed by atoms with Gasteiger partial charge in [0.1, 0.15) is 30.5 Å². The van der Waals surface area contributed by atoms with Crippen molar-refractivity contribution in [2.24, 2.45) is 0 Å². The lowest BCUT2D eigenvalue weighted by atomic mass is 10.1. The number of carbonyl (C=O) groups is 2. The number of carbonyl (C=O) groups excluding carboxylic acids is 2. The van der Waals surface area contributed by atoms with Gasteiger partial charge in [-0.3, -0.25) is 4.79 Å². The molecule has 4 aromatic carbocycles. The van der Waals surface area contributed by atoms with Crippen molar-refractivity contribution in [1.29, 1.82) is 0 Å². The monoisotopic (exact) mass is 604 g/mol. The summed E-state index contributed by atoms with van der Waals surface area (Å²) >= 11 is 0. The van der Waals surface area contributed by atoms with Crippen LogP contribution < -0.4 is 4.74 Å². The minimum absolute atomic E-state index is 0.0186. The number of aryl methyl sites for hydroxylation is 1. The van der Waals surface area contributed by atoms with Gasteiger partial charge < -0.3 is 19.7 Å². The van der Waals surface area contributed by atoms with E-state index in [9.17, 15) is 14.7 Å². The standard InChI is InChI=1S/C15H14O3.C8H6O2.C7H8O.4C2H6/c1-11(16)15-8-3-2-5-12(15)10-18-14-7-4-6-13(17)9-14;9-8-7-4-2-1-3-6(7)5-10-8;1-6-3-2-4-7(8)5-6;4*1-2/h2-9,17H,10H2,1H3;1-4H,5H2;2-5,8H,1H3;4*1-2H3. The van der Waals surface area contributed by atoms with Gasteiger partial charge in [0.15, 0.2) is 5.78 Å². The molecule has 4 aromatic rings. The Hall–Kier alpha value is -4.58. The fourth-order valence-electron chi connectivity index (χ4n) is 3.42. The number of phenols is 2. The normalized spacial score (nSPS) is 9.64. The first-order valence-electron chi connectivity index (χ1n) is 15.3. The third kappa shape index (κ3) is 16.2. The summed E-state index contributed by atoms with van der Waals surface area (Å²) in [5.41, 5.74) is 4.30. The van der Waals surface area contributed by atoms with E-state index in [1.165, 1.54) is 13.0 Å². The number of aromatic hydroxyl groups is 2. The summed E-state index contributed by atoms with van der Waals surface area (Å²) in [5, 5.41) is 18.1. The number of hydrogen-bond acceptors (Lipinski definition) is 6. The molecule has 0 fully saturated rings. The molecule has 0 radical (unpaired) electrons. The summed E-state index contributed by atoms with van der Waals surface area (Å²) in [6.45, 7) is 20.2. The van der Waals surface area contributed by atoms with Crippen LogP contribution in [0, 0.1) is 6.92 Å². The zero-order chi connectivity index (χ0) is 33.9. The average Bonchev–Trinajstić information content (AvgIpc) is 3.45. The van der Waals surface area contributed by atoms with Gasteiger partial charge in [0.2, 0.25) is 0 Å². The van der Waals surface area contributed by atoms with Gasteiger partial charge in [0.25, 0.3) is 0 Å². The van der Waals surface area contributed by atoms with Gasteiger partial charge >= 0.3 is 5.97 Å². The molecule has 1 heterocycles. The quantitative estimate of drug-likeness (QED) is 0.178. The molecule has 0 atom stereocenters. The van der Waals surface area contributed by atoms with Crippen molar-refractivity contribution >= 4 is 11.8 Å². The molecule has 6 nitrogen and oxygen atoms in total.